The molecule has 0 saturated heterocycles. The topological polar surface area (TPSA) is 131 Å². The van der Waals surface area contributed by atoms with Gasteiger partial charge in [0.2, 0.25) is 0 Å². The van der Waals surface area contributed by atoms with E-state index in [0.29, 0.717) is 25.8 Å². The number of nitriles is 1. The number of nitrogens with one attached hydrogen (secondary N) is 1. The average Bonchev–Trinajstić information content (AvgIpc) is 3.29. The van der Waals surface area contributed by atoms with Crippen molar-refractivity contribution in [2.45, 2.75) is 6.92 Å². The normalized spacial score (nSPS) is 10.7. The molecule has 0 bridgehead atoms. The van der Waals surface area contributed by atoms with E-state index < -0.39 is 0 Å². The van der Waals surface area contributed by atoms with E-state index in [9.17, 15) is 10.1 Å². The van der Waals surface area contributed by atoms with Crippen LogP contribution in [0.1, 0.15) is 20.8 Å². The van der Waals surface area contributed by atoms with Crippen LogP contribution in [0, 0.1) is 18.3 Å². The lowest BCUT2D eigenvalue weighted by Gasteiger charge is -2.10. The molecule has 0 radical (unpaired) electrons. The van der Waals surface area contributed by atoms with Gasteiger partial charge < -0.3 is 11.5 Å². The first-order valence-electron chi connectivity index (χ1n) is 8.19. The maximum absolute atomic E-state index is 12.7. The zero-order valence-electron chi connectivity index (χ0n) is 14.7. The third-order valence-corrected chi connectivity index (χ3v) is 6.00. The monoisotopic (exact) mass is 406 g/mol. The van der Waals surface area contributed by atoms with E-state index in [4.69, 9.17) is 11.5 Å². The molecule has 0 fully saturated rings. The summed E-state index contributed by atoms with van der Waals surface area (Å²) < 4.78 is 0. The molecule has 1 aromatic carbocycles. The van der Waals surface area contributed by atoms with E-state index in [1.807, 2.05) is 31.2 Å². The van der Waals surface area contributed by atoms with Gasteiger partial charge in [0, 0.05) is 22.5 Å². The van der Waals surface area contributed by atoms with Crippen molar-refractivity contribution < 1.29 is 4.79 Å². The summed E-state index contributed by atoms with van der Waals surface area (Å²) in [5.41, 5.74) is 15.4. The largest absolute Gasteiger partial charge is 0.397 e. The molecule has 3 aromatic heterocycles. The van der Waals surface area contributed by atoms with Crippen molar-refractivity contribution in [2.24, 2.45) is 0 Å². The molecule has 4 rings (SSSR count). The van der Waals surface area contributed by atoms with Gasteiger partial charge in [0.25, 0.3) is 5.91 Å². The van der Waals surface area contributed by atoms with Crippen molar-refractivity contribution >= 4 is 55.4 Å². The summed E-state index contributed by atoms with van der Waals surface area (Å²) >= 11 is 2.45. The number of carbonyl (C=O) groups is 1. The van der Waals surface area contributed by atoms with Crippen molar-refractivity contribution in [3.8, 4) is 17.2 Å². The maximum atomic E-state index is 12.7. The van der Waals surface area contributed by atoms with Crippen molar-refractivity contribution in [1.82, 2.24) is 9.97 Å². The van der Waals surface area contributed by atoms with Crippen LogP contribution in [0.15, 0.2) is 35.8 Å². The lowest BCUT2D eigenvalue weighted by atomic mass is 9.96. The summed E-state index contributed by atoms with van der Waals surface area (Å²) in [7, 11) is 0. The predicted octanol–water partition coefficient (Wildman–Crippen LogP) is 4.02. The lowest BCUT2D eigenvalue weighted by Crippen LogP contribution is -2.11. The van der Waals surface area contributed by atoms with Gasteiger partial charge >= 0.3 is 0 Å². The van der Waals surface area contributed by atoms with Crippen LogP contribution in [0.5, 0.6) is 0 Å². The van der Waals surface area contributed by atoms with Crippen LogP contribution in [-0.2, 0) is 0 Å². The molecule has 9 heteroatoms. The second-order valence-electron chi connectivity index (χ2n) is 6.04. The highest BCUT2D eigenvalue weighted by molar-refractivity contribution is 7.21. The fraction of sp³-hybridized carbons (Fsp3) is 0.0526. The van der Waals surface area contributed by atoms with Crippen LogP contribution in [0.3, 0.4) is 0 Å². The first-order chi connectivity index (χ1) is 13.5. The van der Waals surface area contributed by atoms with Gasteiger partial charge in [0.1, 0.15) is 27.2 Å². The molecule has 3 heterocycles. The number of carbonyl (C=O) groups excluding carboxylic acids is 1. The number of rotatable bonds is 3. The second kappa shape index (κ2) is 6.92. The van der Waals surface area contributed by atoms with Crippen LogP contribution < -0.4 is 16.8 Å². The Labute approximate surface area is 168 Å². The van der Waals surface area contributed by atoms with Crippen LogP contribution >= 0.6 is 22.7 Å². The number of thiazole rings is 1. The van der Waals surface area contributed by atoms with Crippen molar-refractivity contribution in [3.63, 3.8) is 0 Å². The number of hydrogen-bond donors (Lipinski definition) is 3. The van der Waals surface area contributed by atoms with Gasteiger partial charge in [0.05, 0.1) is 5.69 Å². The molecule has 5 N–H and O–H groups in total. The lowest BCUT2D eigenvalue weighted by molar-refractivity contribution is 0.103. The number of fused-ring (bicyclic) bond motifs is 1. The van der Waals surface area contributed by atoms with Crippen LogP contribution in [0.2, 0.25) is 0 Å². The zero-order chi connectivity index (χ0) is 19.8. The van der Waals surface area contributed by atoms with Crippen molar-refractivity contribution in [2.75, 3.05) is 16.8 Å². The van der Waals surface area contributed by atoms with Crippen LogP contribution in [-0.4, -0.2) is 15.9 Å². The zero-order valence-corrected chi connectivity index (χ0v) is 16.3. The highest BCUT2D eigenvalue weighted by Gasteiger charge is 2.24. The van der Waals surface area contributed by atoms with Gasteiger partial charge in [-0.25, -0.2) is 9.97 Å². The van der Waals surface area contributed by atoms with E-state index in [-0.39, 0.29) is 23.0 Å². The number of anilines is 3. The molecular formula is C19H14N6OS2. The minimum Gasteiger partial charge on any atom is -0.397 e. The van der Waals surface area contributed by atoms with Gasteiger partial charge in [0.15, 0.2) is 5.13 Å². The Morgan fingerprint density at radius 1 is 1.25 bits per heavy atom. The van der Waals surface area contributed by atoms with E-state index in [2.05, 4.69) is 21.4 Å². The van der Waals surface area contributed by atoms with E-state index in [0.717, 1.165) is 22.5 Å². The summed E-state index contributed by atoms with van der Waals surface area (Å²) in [6, 6.07) is 9.81. The number of hydrogen-bond acceptors (Lipinski definition) is 8. The number of nitrogens with zero attached hydrogens (tertiary/aromatic N) is 3. The summed E-state index contributed by atoms with van der Waals surface area (Å²) in [6.07, 6.45) is 1.60. The Bertz CT molecular complexity index is 1240. The van der Waals surface area contributed by atoms with Gasteiger partial charge in [-0.15, -0.1) is 22.7 Å². The molecule has 0 atom stereocenters. The fourth-order valence-electron chi connectivity index (χ4n) is 2.90. The molecule has 138 valence electrons. The number of nitrogen functional groups attached to an aromatic ring is 2. The molecule has 0 saturated carbocycles. The second-order valence-corrected chi connectivity index (χ2v) is 7.93. The molecule has 1 amide bonds. The molecular weight excluding hydrogens is 392 g/mol. The Hall–Kier alpha value is -3.48. The Morgan fingerprint density at radius 3 is 2.64 bits per heavy atom. The average molecular weight is 406 g/mol. The standard InChI is InChI=1S/C19H14N6OS2/c1-9-2-4-10(5-3-9)12-11(8-20)16(22)24-18-13(12)14(21)15(28-18)17(26)25-19-23-6-7-27-19/h2-7H,21H2,1H3,(H2,22,24)(H,23,25,26). The fourth-order valence-corrected chi connectivity index (χ4v) is 4.43. The highest BCUT2D eigenvalue weighted by Crippen LogP contribution is 2.42. The molecule has 0 unspecified atom stereocenters. The first kappa shape index (κ1) is 17.9. The minimum atomic E-state index is -0.373. The third kappa shape index (κ3) is 2.94. The molecule has 0 aliphatic rings. The Kier molecular flexibility index (Phi) is 4.43. The molecule has 4 aromatic rings. The number of thiophene rings is 1. The minimum absolute atomic E-state index is 0.110. The highest BCUT2D eigenvalue weighted by atomic mass is 32.1. The van der Waals surface area contributed by atoms with Crippen LogP contribution in [0.25, 0.3) is 21.3 Å². The molecule has 28 heavy (non-hydrogen) atoms. The maximum Gasteiger partial charge on any atom is 0.269 e. The smallest absolute Gasteiger partial charge is 0.269 e. The van der Waals surface area contributed by atoms with Crippen molar-refractivity contribution in [1.29, 1.82) is 5.26 Å². The number of pyridine rings is 1. The van der Waals surface area contributed by atoms with Crippen LogP contribution in [0.4, 0.5) is 16.6 Å². The van der Waals surface area contributed by atoms with Crippen molar-refractivity contribution in [3.05, 3.63) is 51.8 Å². The number of amides is 1. The molecule has 7 nitrogen and oxygen atoms in total. The molecule has 0 aliphatic heterocycles. The summed E-state index contributed by atoms with van der Waals surface area (Å²) in [6.45, 7) is 1.98. The first-order valence-corrected chi connectivity index (χ1v) is 9.88. The summed E-state index contributed by atoms with van der Waals surface area (Å²) in [4.78, 5) is 21.9. The van der Waals surface area contributed by atoms with Gasteiger partial charge in [-0.3, -0.25) is 10.1 Å². The van der Waals surface area contributed by atoms with Gasteiger partial charge in [-0.1, -0.05) is 29.8 Å². The van der Waals surface area contributed by atoms with E-state index in [1.54, 1.807) is 11.6 Å². The Balaban J connectivity index is 1.94. The third-order valence-electron chi connectivity index (χ3n) is 4.22. The Morgan fingerprint density at radius 2 is 2.00 bits per heavy atom. The molecule has 0 aliphatic carbocycles. The number of benzene rings is 1. The number of aromatic nitrogens is 2. The van der Waals surface area contributed by atoms with E-state index >= 15 is 0 Å². The summed E-state index contributed by atoms with van der Waals surface area (Å²) in [5, 5.41) is 15.2. The predicted molar refractivity (Wildman–Crippen MR) is 113 cm³/mol. The number of nitrogens with two attached hydrogens (primary N) is 2. The SMILES string of the molecule is Cc1ccc(-c2c(C#N)c(N)nc3sc(C(=O)Nc4nccs4)c(N)c23)cc1. The van der Waals surface area contributed by atoms with Gasteiger partial charge in [-0.2, -0.15) is 5.26 Å². The molecule has 0 spiro atoms. The summed E-state index contributed by atoms with van der Waals surface area (Å²) in [5.74, 6) is -0.263. The van der Waals surface area contributed by atoms with Gasteiger partial charge in [-0.05, 0) is 12.5 Å². The van der Waals surface area contributed by atoms with E-state index in [1.165, 1.54) is 11.3 Å². The number of aryl methyl sites for hydroxylation is 1. The quantitative estimate of drug-likeness (QED) is 0.471.